The molecular weight excluding hydrogens is 327 g/mol. The molecule has 2 aromatic carbocycles. The van der Waals surface area contributed by atoms with Crippen molar-refractivity contribution >= 4 is 0 Å². The van der Waals surface area contributed by atoms with E-state index in [9.17, 15) is 14.6 Å². The summed E-state index contributed by atoms with van der Waals surface area (Å²) in [4.78, 5) is 0. The van der Waals surface area contributed by atoms with Gasteiger partial charge in [0.1, 0.15) is 18.2 Å². The van der Waals surface area contributed by atoms with Gasteiger partial charge in [0.25, 0.3) is 0 Å². The van der Waals surface area contributed by atoms with Gasteiger partial charge in [-0.15, -0.1) is 5.10 Å². The number of tetrazole rings is 1. The molecule has 1 heterocycles. The molecule has 0 bridgehead atoms. The van der Waals surface area contributed by atoms with Gasteiger partial charge < -0.3 is 14.9 Å². The lowest BCUT2D eigenvalue weighted by Crippen LogP contribution is -2.11. The summed E-state index contributed by atoms with van der Waals surface area (Å²) >= 11 is 0. The zero-order valence-electron chi connectivity index (χ0n) is 13.3. The van der Waals surface area contributed by atoms with Gasteiger partial charge in [0.05, 0.1) is 19.8 Å². The largest absolute Gasteiger partial charge is 0.485 e. The van der Waals surface area contributed by atoms with Crippen molar-refractivity contribution < 1.29 is 19.3 Å². The molecule has 0 saturated heterocycles. The summed E-state index contributed by atoms with van der Waals surface area (Å²) < 4.78 is 20.8. The molecule has 3 aromatic rings. The Balaban J connectivity index is 1.78. The first-order valence-corrected chi connectivity index (χ1v) is 7.66. The standard InChI is InChI=1S/C17H17FN4O3/c18-15-6-13(9-23)17(14(7-15)10-24)25-11-16-19-20-21-22(16)8-12-4-2-1-3-5-12/h1-7,23-24H,8-11H2. The van der Waals surface area contributed by atoms with Crippen molar-refractivity contribution in [3.05, 3.63) is 70.8 Å². The maximum absolute atomic E-state index is 13.5. The van der Waals surface area contributed by atoms with E-state index in [1.807, 2.05) is 30.3 Å². The van der Waals surface area contributed by atoms with Crippen LogP contribution in [0.1, 0.15) is 22.5 Å². The van der Waals surface area contributed by atoms with Gasteiger partial charge in [0.15, 0.2) is 5.82 Å². The molecule has 0 aliphatic heterocycles. The predicted octanol–water partition coefficient (Wildman–Crippen LogP) is 1.42. The van der Waals surface area contributed by atoms with E-state index in [-0.39, 0.29) is 23.5 Å². The number of aromatic nitrogens is 4. The smallest absolute Gasteiger partial charge is 0.189 e. The monoisotopic (exact) mass is 344 g/mol. The third kappa shape index (κ3) is 3.98. The van der Waals surface area contributed by atoms with Crippen molar-refractivity contribution in [2.75, 3.05) is 0 Å². The Morgan fingerprint density at radius 2 is 1.72 bits per heavy atom. The van der Waals surface area contributed by atoms with E-state index in [1.165, 1.54) is 12.1 Å². The lowest BCUT2D eigenvalue weighted by molar-refractivity contribution is 0.235. The fourth-order valence-electron chi connectivity index (χ4n) is 2.47. The maximum atomic E-state index is 13.5. The first-order valence-electron chi connectivity index (χ1n) is 7.66. The predicted molar refractivity (Wildman–Crippen MR) is 85.9 cm³/mol. The zero-order valence-corrected chi connectivity index (χ0v) is 13.3. The number of benzene rings is 2. The number of nitrogens with zero attached hydrogens (tertiary/aromatic N) is 4. The quantitative estimate of drug-likeness (QED) is 0.673. The molecule has 8 heteroatoms. The van der Waals surface area contributed by atoms with E-state index >= 15 is 0 Å². The summed E-state index contributed by atoms with van der Waals surface area (Å²) in [5.41, 5.74) is 1.54. The molecule has 3 rings (SSSR count). The molecule has 1 aromatic heterocycles. The Morgan fingerprint density at radius 1 is 1.04 bits per heavy atom. The van der Waals surface area contributed by atoms with Crippen molar-refractivity contribution in [2.45, 2.75) is 26.4 Å². The molecule has 0 saturated carbocycles. The number of rotatable bonds is 7. The van der Waals surface area contributed by atoms with Crippen LogP contribution in [0.3, 0.4) is 0 Å². The molecule has 130 valence electrons. The van der Waals surface area contributed by atoms with Crippen LogP contribution in [0, 0.1) is 5.82 Å². The number of halogens is 1. The van der Waals surface area contributed by atoms with E-state index in [0.717, 1.165) is 5.56 Å². The second-order valence-electron chi connectivity index (χ2n) is 5.40. The number of aliphatic hydroxyl groups is 2. The van der Waals surface area contributed by atoms with Gasteiger partial charge in [-0.25, -0.2) is 9.07 Å². The van der Waals surface area contributed by atoms with Crippen LogP contribution in [-0.4, -0.2) is 30.4 Å². The summed E-state index contributed by atoms with van der Waals surface area (Å²) in [6.45, 7) is -0.314. The van der Waals surface area contributed by atoms with Gasteiger partial charge in [0, 0.05) is 11.1 Å². The Bertz CT molecular complexity index is 814. The van der Waals surface area contributed by atoms with Gasteiger partial charge in [-0.1, -0.05) is 30.3 Å². The summed E-state index contributed by atoms with van der Waals surface area (Å²) in [5, 5.41) is 30.3. The van der Waals surface area contributed by atoms with Crippen LogP contribution in [-0.2, 0) is 26.4 Å². The topological polar surface area (TPSA) is 93.3 Å². The first-order chi connectivity index (χ1) is 12.2. The van der Waals surface area contributed by atoms with Crippen molar-refractivity contribution in [3.63, 3.8) is 0 Å². The van der Waals surface area contributed by atoms with Gasteiger partial charge >= 0.3 is 0 Å². The van der Waals surface area contributed by atoms with Crippen molar-refractivity contribution in [1.82, 2.24) is 20.2 Å². The molecule has 0 amide bonds. The lowest BCUT2D eigenvalue weighted by Gasteiger charge is -2.14. The van der Waals surface area contributed by atoms with Gasteiger partial charge in [-0.05, 0) is 28.1 Å². The summed E-state index contributed by atoms with van der Waals surface area (Å²) in [6.07, 6.45) is 0. The number of hydrogen-bond donors (Lipinski definition) is 2. The van der Waals surface area contributed by atoms with E-state index in [1.54, 1.807) is 4.68 Å². The van der Waals surface area contributed by atoms with Gasteiger partial charge in [0.2, 0.25) is 0 Å². The minimum atomic E-state index is -0.547. The van der Waals surface area contributed by atoms with Crippen molar-refractivity contribution in [3.8, 4) is 5.75 Å². The Hall–Kier alpha value is -2.84. The SMILES string of the molecule is OCc1cc(F)cc(CO)c1OCc1nnnn1Cc1ccccc1. The van der Waals surface area contributed by atoms with E-state index in [4.69, 9.17) is 4.74 Å². The average Bonchev–Trinajstić information content (AvgIpc) is 3.07. The highest BCUT2D eigenvalue weighted by Gasteiger charge is 2.14. The molecule has 0 aliphatic carbocycles. The molecule has 0 aliphatic rings. The minimum absolute atomic E-state index is 0.0193. The van der Waals surface area contributed by atoms with Gasteiger partial charge in [-0.3, -0.25) is 0 Å². The van der Waals surface area contributed by atoms with Crippen LogP contribution >= 0.6 is 0 Å². The number of hydrogen-bond acceptors (Lipinski definition) is 6. The molecule has 2 N–H and O–H groups in total. The number of ether oxygens (including phenoxy) is 1. The average molecular weight is 344 g/mol. The molecular formula is C17H17FN4O3. The van der Waals surface area contributed by atoms with Crippen LogP contribution in [0.5, 0.6) is 5.75 Å². The van der Waals surface area contributed by atoms with E-state index in [2.05, 4.69) is 15.5 Å². The zero-order chi connectivity index (χ0) is 17.6. The summed E-state index contributed by atoms with van der Waals surface area (Å²) in [7, 11) is 0. The number of aliphatic hydroxyl groups excluding tert-OH is 2. The molecule has 0 atom stereocenters. The van der Waals surface area contributed by atoms with Gasteiger partial charge in [-0.2, -0.15) is 0 Å². The van der Waals surface area contributed by atoms with E-state index < -0.39 is 19.0 Å². The van der Waals surface area contributed by atoms with E-state index in [0.29, 0.717) is 12.4 Å². The fourth-order valence-corrected chi connectivity index (χ4v) is 2.47. The summed E-state index contributed by atoms with van der Waals surface area (Å²) in [6, 6.07) is 12.0. The lowest BCUT2D eigenvalue weighted by atomic mass is 10.1. The molecule has 7 nitrogen and oxygen atoms in total. The van der Waals surface area contributed by atoms with Crippen molar-refractivity contribution in [1.29, 1.82) is 0 Å². The van der Waals surface area contributed by atoms with Crippen LogP contribution in [0.25, 0.3) is 0 Å². The van der Waals surface area contributed by atoms with Crippen LogP contribution in [0.4, 0.5) is 4.39 Å². The Labute approximate surface area is 143 Å². The van der Waals surface area contributed by atoms with Crippen molar-refractivity contribution in [2.24, 2.45) is 0 Å². The molecule has 0 fully saturated rings. The second-order valence-corrected chi connectivity index (χ2v) is 5.40. The molecule has 0 radical (unpaired) electrons. The van der Waals surface area contributed by atoms with Crippen LogP contribution < -0.4 is 4.74 Å². The minimum Gasteiger partial charge on any atom is -0.485 e. The maximum Gasteiger partial charge on any atom is 0.189 e. The highest BCUT2D eigenvalue weighted by atomic mass is 19.1. The first kappa shape index (κ1) is 17.0. The summed E-state index contributed by atoms with van der Waals surface area (Å²) in [5.74, 6) is 0.163. The molecule has 0 spiro atoms. The van der Waals surface area contributed by atoms with Crippen LogP contribution in [0.15, 0.2) is 42.5 Å². The highest BCUT2D eigenvalue weighted by molar-refractivity contribution is 5.41. The third-order valence-corrected chi connectivity index (χ3v) is 3.68. The highest BCUT2D eigenvalue weighted by Crippen LogP contribution is 2.27. The third-order valence-electron chi connectivity index (χ3n) is 3.68. The Morgan fingerprint density at radius 3 is 2.36 bits per heavy atom. The normalized spacial score (nSPS) is 10.8. The molecule has 25 heavy (non-hydrogen) atoms. The molecule has 0 unspecified atom stereocenters. The second kappa shape index (κ2) is 7.82. The fraction of sp³-hybridized carbons (Fsp3) is 0.235. The van der Waals surface area contributed by atoms with Crippen LogP contribution in [0.2, 0.25) is 0 Å². The Kier molecular flexibility index (Phi) is 5.32.